The summed E-state index contributed by atoms with van der Waals surface area (Å²) in [4.78, 5) is 29.9. The van der Waals surface area contributed by atoms with Gasteiger partial charge in [0, 0.05) is 11.8 Å². The highest BCUT2D eigenvalue weighted by molar-refractivity contribution is 6.20. The first-order valence-corrected chi connectivity index (χ1v) is 9.10. The maximum absolute atomic E-state index is 12.9. The molecule has 0 aliphatic carbocycles. The molecule has 0 spiro atoms. The Bertz CT molecular complexity index is 953. The SMILES string of the molecule is C=C(C)n1c(/C(=C/C(=O)OC(C)(C)C)C(=O)OC(C)(C)C)nc2ccccc21. The Morgan fingerprint density at radius 2 is 1.61 bits per heavy atom. The molecule has 0 aliphatic heterocycles. The summed E-state index contributed by atoms with van der Waals surface area (Å²) >= 11 is 0. The highest BCUT2D eigenvalue weighted by Crippen LogP contribution is 2.27. The minimum Gasteiger partial charge on any atom is -0.457 e. The van der Waals surface area contributed by atoms with Gasteiger partial charge in [0.15, 0.2) is 5.82 Å². The van der Waals surface area contributed by atoms with Gasteiger partial charge in [-0.1, -0.05) is 18.7 Å². The van der Waals surface area contributed by atoms with Crippen LogP contribution in [0, 0.1) is 0 Å². The largest absolute Gasteiger partial charge is 0.457 e. The number of imidazole rings is 1. The number of rotatable bonds is 4. The Balaban J connectivity index is 2.67. The van der Waals surface area contributed by atoms with Crippen LogP contribution in [0.2, 0.25) is 0 Å². The number of fused-ring (bicyclic) bond motifs is 1. The van der Waals surface area contributed by atoms with Crippen LogP contribution >= 0.6 is 0 Å². The number of allylic oxidation sites excluding steroid dienone is 1. The third-order valence-electron chi connectivity index (χ3n) is 3.47. The van der Waals surface area contributed by atoms with Crippen LogP contribution < -0.4 is 0 Å². The van der Waals surface area contributed by atoms with E-state index in [4.69, 9.17) is 9.47 Å². The number of aromatic nitrogens is 2. The highest BCUT2D eigenvalue weighted by atomic mass is 16.6. The number of carbonyl (C=O) groups is 2. The smallest absolute Gasteiger partial charge is 0.342 e. The fourth-order valence-corrected chi connectivity index (χ4v) is 2.59. The molecule has 0 aliphatic rings. The Morgan fingerprint density at radius 1 is 1.04 bits per heavy atom. The third kappa shape index (κ3) is 5.31. The monoisotopic (exact) mass is 384 g/mol. The summed E-state index contributed by atoms with van der Waals surface area (Å²) in [7, 11) is 0. The van der Waals surface area contributed by atoms with E-state index in [0.29, 0.717) is 11.2 Å². The molecule has 0 bridgehead atoms. The zero-order valence-corrected chi connectivity index (χ0v) is 17.6. The van der Waals surface area contributed by atoms with Gasteiger partial charge < -0.3 is 9.47 Å². The lowest BCUT2D eigenvalue weighted by atomic mass is 10.1. The van der Waals surface area contributed by atoms with E-state index < -0.39 is 23.1 Å². The molecular formula is C22H28N2O4. The van der Waals surface area contributed by atoms with Gasteiger partial charge in [-0.3, -0.25) is 4.57 Å². The van der Waals surface area contributed by atoms with Crippen LogP contribution in [0.5, 0.6) is 0 Å². The van der Waals surface area contributed by atoms with Gasteiger partial charge in [0.25, 0.3) is 0 Å². The van der Waals surface area contributed by atoms with E-state index in [1.165, 1.54) is 0 Å². The molecule has 1 aromatic heterocycles. The molecular weight excluding hydrogens is 356 g/mol. The molecule has 28 heavy (non-hydrogen) atoms. The number of hydrogen-bond donors (Lipinski definition) is 0. The number of ether oxygens (including phenoxy) is 2. The third-order valence-corrected chi connectivity index (χ3v) is 3.47. The van der Waals surface area contributed by atoms with Crippen LogP contribution in [-0.2, 0) is 19.1 Å². The standard InChI is InChI=1S/C22H28N2O4/c1-14(2)24-17-12-10-9-11-16(17)23-19(24)15(20(26)28-22(6,7)8)13-18(25)27-21(3,4)5/h9-13H,1H2,2-8H3/b15-13-. The molecule has 0 saturated carbocycles. The summed E-state index contributed by atoms with van der Waals surface area (Å²) in [5.41, 5.74) is 0.708. The van der Waals surface area contributed by atoms with Crippen molar-refractivity contribution in [3.63, 3.8) is 0 Å². The molecule has 0 atom stereocenters. The molecule has 0 radical (unpaired) electrons. The number of hydrogen-bond acceptors (Lipinski definition) is 5. The van der Waals surface area contributed by atoms with Crippen molar-refractivity contribution in [2.45, 2.75) is 59.7 Å². The molecule has 0 N–H and O–H groups in total. The van der Waals surface area contributed by atoms with Crippen LogP contribution in [0.3, 0.4) is 0 Å². The molecule has 6 heteroatoms. The van der Waals surface area contributed by atoms with Crippen LogP contribution in [0.25, 0.3) is 22.3 Å². The first-order chi connectivity index (χ1) is 12.8. The normalized spacial score (nSPS) is 12.8. The zero-order valence-electron chi connectivity index (χ0n) is 17.6. The number of carbonyl (C=O) groups excluding carboxylic acids is 2. The average Bonchev–Trinajstić information content (AvgIpc) is 2.88. The second-order valence-electron chi connectivity index (χ2n) is 8.59. The van der Waals surface area contributed by atoms with Gasteiger partial charge in [-0.05, 0) is 60.6 Å². The van der Waals surface area contributed by atoms with Crippen molar-refractivity contribution in [3.8, 4) is 0 Å². The molecule has 0 fully saturated rings. The number of benzene rings is 1. The number of nitrogens with zero attached hydrogens (tertiary/aromatic N) is 2. The van der Waals surface area contributed by atoms with Crippen LogP contribution in [0.15, 0.2) is 36.9 Å². The highest BCUT2D eigenvalue weighted by Gasteiger charge is 2.28. The van der Waals surface area contributed by atoms with Gasteiger partial charge >= 0.3 is 11.9 Å². The van der Waals surface area contributed by atoms with Gasteiger partial charge in [-0.25, -0.2) is 14.6 Å². The Labute approximate surface area is 165 Å². The molecule has 0 amide bonds. The molecule has 2 aromatic rings. The minimum atomic E-state index is -0.732. The second kappa shape index (κ2) is 7.62. The van der Waals surface area contributed by atoms with E-state index in [2.05, 4.69) is 11.6 Å². The fourth-order valence-electron chi connectivity index (χ4n) is 2.59. The maximum atomic E-state index is 12.9. The van der Waals surface area contributed by atoms with E-state index >= 15 is 0 Å². The lowest BCUT2D eigenvalue weighted by molar-refractivity contribution is -0.150. The van der Waals surface area contributed by atoms with Gasteiger partial charge in [0.05, 0.1) is 11.0 Å². The summed E-state index contributed by atoms with van der Waals surface area (Å²) in [6.45, 7) is 16.4. The van der Waals surface area contributed by atoms with Gasteiger partial charge in [0.2, 0.25) is 0 Å². The summed E-state index contributed by atoms with van der Waals surface area (Å²) in [5, 5.41) is 0. The molecule has 2 rings (SSSR count). The van der Waals surface area contributed by atoms with Crippen molar-refractivity contribution in [3.05, 3.63) is 42.7 Å². The van der Waals surface area contributed by atoms with Gasteiger partial charge in [0.1, 0.15) is 16.8 Å². The number of esters is 2. The quantitative estimate of drug-likeness (QED) is 0.569. The zero-order chi connectivity index (χ0) is 21.3. The van der Waals surface area contributed by atoms with Crippen molar-refractivity contribution in [2.75, 3.05) is 0 Å². The summed E-state index contributed by atoms with van der Waals surface area (Å²) in [5.74, 6) is -1.02. The molecule has 0 saturated heterocycles. The minimum absolute atomic E-state index is 0.0170. The van der Waals surface area contributed by atoms with E-state index in [0.717, 1.165) is 11.6 Å². The van der Waals surface area contributed by atoms with E-state index in [1.54, 1.807) is 53.0 Å². The molecule has 6 nitrogen and oxygen atoms in total. The first kappa shape index (κ1) is 21.4. The van der Waals surface area contributed by atoms with Crippen molar-refractivity contribution in [1.82, 2.24) is 9.55 Å². The van der Waals surface area contributed by atoms with Crippen molar-refractivity contribution in [1.29, 1.82) is 0 Å². The van der Waals surface area contributed by atoms with Gasteiger partial charge in [-0.15, -0.1) is 0 Å². The summed E-state index contributed by atoms with van der Waals surface area (Å²) < 4.78 is 12.6. The summed E-state index contributed by atoms with van der Waals surface area (Å²) in [6.07, 6.45) is 1.14. The van der Waals surface area contributed by atoms with E-state index in [-0.39, 0.29) is 11.4 Å². The van der Waals surface area contributed by atoms with Crippen LogP contribution in [0.1, 0.15) is 54.3 Å². The number of para-hydroxylation sites is 2. The Hall–Kier alpha value is -2.89. The van der Waals surface area contributed by atoms with Crippen molar-refractivity contribution < 1.29 is 19.1 Å². The predicted molar refractivity (Wildman–Crippen MR) is 110 cm³/mol. The first-order valence-electron chi connectivity index (χ1n) is 9.10. The average molecular weight is 384 g/mol. The topological polar surface area (TPSA) is 70.4 Å². The van der Waals surface area contributed by atoms with Gasteiger partial charge in [-0.2, -0.15) is 0 Å². The molecule has 0 unspecified atom stereocenters. The second-order valence-corrected chi connectivity index (χ2v) is 8.59. The van der Waals surface area contributed by atoms with Crippen LogP contribution in [-0.4, -0.2) is 32.7 Å². The molecule has 1 aromatic carbocycles. The van der Waals surface area contributed by atoms with E-state index in [1.807, 2.05) is 24.3 Å². The van der Waals surface area contributed by atoms with Crippen molar-refractivity contribution in [2.24, 2.45) is 0 Å². The molecule has 1 heterocycles. The lowest BCUT2D eigenvalue weighted by Gasteiger charge is -2.21. The van der Waals surface area contributed by atoms with E-state index in [9.17, 15) is 9.59 Å². The maximum Gasteiger partial charge on any atom is 0.342 e. The summed E-state index contributed by atoms with van der Waals surface area (Å²) in [6, 6.07) is 7.43. The Kier molecular flexibility index (Phi) is 5.83. The fraction of sp³-hybridized carbons (Fsp3) is 0.409. The van der Waals surface area contributed by atoms with Crippen LogP contribution in [0.4, 0.5) is 0 Å². The molecule has 150 valence electrons. The van der Waals surface area contributed by atoms with Crippen molar-refractivity contribution >= 4 is 34.2 Å². The lowest BCUT2D eigenvalue weighted by Crippen LogP contribution is -2.27. The Morgan fingerprint density at radius 3 is 2.14 bits per heavy atom. The predicted octanol–water partition coefficient (Wildman–Crippen LogP) is 4.59.